The van der Waals surface area contributed by atoms with Gasteiger partial charge in [0.2, 0.25) is 0 Å². The predicted molar refractivity (Wildman–Crippen MR) is 123 cm³/mol. The minimum absolute atomic E-state index is 0.0924. The van der Waals surface area contributed by atoms with Gasteiger partial charge in [-0.1, -0.05) is 71.9 Å². The molecule has 0 bridgehead atoms. The van der Waals surface area contributed by atoms with Crippen LogP contribution in [0.3, 0.4) is 0 Å². The van der Waals surface area contributed by atoms with E-state index in [0.717, 1.165) is 12.0 Å². The topological polar surface area (TPSA) is 46.2 Å². The lowest BCUT2D eigenvalue weighted by Crippen LogP contribution is -2.74. The summed E-state index contributed by atoms with van der Waals surface area (Å²) >= 11 is 0. The van der Waals surface area contributed by atoms with Crippen LogP contribution in [0.15, 0.2) is 42.7 Å². The maximum absolute atomic E-state index is 7.08. The Kier molecular flexibility index (Phi) is 5.93. The maximum atomic E-state index is 7.08. The van der Waals surface area contributed by atoms with Crippen molar-refractivity contribution in [3.8, 4) is 0 Å². The molecule has 2 saturated heterocycles. The van der Waals surface area contributed by atoms with E-state index in [2.05, 4.69) is 60.6 Å². The molecule has 1 aromatic carbocycles. The van der Waals surface area contributed by atoms with Crippen molar-refractivity contribution in [2.24, 2.45) is 0 Å². The summed E-state index contributed by atoms with van der Waals surface area (Å²) in [7, 11) is -2.67. The second-order valence-electron chi connectivity index (χ2n) is 11.3. The first kappa shape index (κ1) is 23.0. The Bertz CT molecular complexity index is 782. The van der Waals surface area contributed by atoms with Crippen molar-refractivity contribution < 1.29 is 23.1 Å². The van der Waals surface area contributed by atoms with Crippen LogP contribution in [0.1, 0.15) is 60.5 Å². The van der Waals surface area contributed by atoms with Crippen molar-refractivity contribution in [3.05, 3.63) is 48.2 Å². The van der Waals surface area contributed by atoms with Crippen molar-refractivity contribution in [1.29, 1.82) is 0 Å². The number of rotatable bonds is 3. The van der Waals surface area contributed by atoms with E-state index in [0.29, 0.717) is 13.2 Å². The van der Waals surface area contributed by atoms with E-state index in [1.807, 2.05) is 24.3 Å². The van der Waals surface area contributed by atoms with Crippen LogP contribution in [0.2, 0.25) is 10.1 Å². The molecular weight excluding hydrogens is 408 g/mol. The van der Waals surface area contributed by atoms with Crippen molar-refractivity contribution >= 4 is 8.56 Å². The molecule has 5 atom stereocenters. The molecular formula is C25H38O5Si. The summed E-state index contributed by atoms with van der Waals surface area (Å²) in [4.78, 5) is 0. The molecule has 5 nitrogen and oxygen atoms in total. The summed E-state index contributed by atoms with van der Waals surface area (Å²) in [5.74, 6) is 0. The van der Waals surface area contributed by atoms with Gasteiger partial charge >= 0.3 is 8.56 Å². The van der Waals surface area contributed by atoms with E-state index >= 15 is 0 Å². The van der Waals surface area contributed by atoms with Crippen LogP contribution in [0.4, 0.5) is 0 Å². The first-order valence-corrected chi connectivity index (χ1v) is 13.3. The van der Waals surface area contributed by atoms with E-state index in [1.165, 1.54) is 0 Å². The minimum atomic E-state index is -2.67. The van der Waals surface area contributed by atoms with Gasteiger partial charge in [0.05, 0.1) is 19.5 Å². The normalized spacial score (nSPS) is 35.1. The van der Waals surface area contributed by atoms with E-state index in [9.17, 15) is 0 Å². The van der Waals surface area contributed by atoms with Gasteiger partial charge in [-0.2, -0.15) is 0 Å². The SMILES string of the molecule is CC(C)(C)[Si]1(C(C)(C)C)OC[C@H]2O[C@H]3CC=CO[C@]3(C)[C@@H](OCc3ccccc3)[C@@H]2O1. The zero-order chi connectivity index (χ0) is 22.5. The van der Waals surface area contributed by atoms with Crippen molar-refractivity contribution in [3.63, 3.8) is 0 Å². The van der Waals surface area contributed by atoms with E-state index < -0.39 is 14.2 Å². The molecule has 3 heterocycles. The monoisotopic (exact) mass is 446 g/mol. The lowest BCUT2D eigenvalue weighted by atomic mass is 9.81. The number of hydrogen-bond acceptors (Lipinski definition) is 5. The smallest absolute Gasteiger partial charge is 0.349 e. The van der Waals surface area contributed by atoms with Gasteiger partial charge in [-0.15, -0.1) is 0 Å². The molecule has 172 valence electrons. The van der Waals surface area contributed by atoms with Crippen LogP contribution in [-0.4, -0.2) is 45.2 Å². The summed E-state index contributed by atoms with van der Waals surface area (Å²) in [6, 6.07) is 10.3. The molecule has 0 saturated carbocycles. The van der Waals surface area contributed by atoms with Gasteiger partial charge in [0.15, 0.2) is 5.60 Å². The van der Waals surface area contributed by atoms with E-state index in [1.54, 1.807) is 6.26 Å². The van der Waals surface area contributed by atoms with Gasteiger partial charge in [0.1, 0.15) is 24.4 Å². The third-order valence-corrected chi connectivity index (χ3v) is 12.1. The minimum Gasteiger partial charge on any atom is -0.490 e. The Morgan fingerprint density at radius 3 is 2.39 bits per heavy atom. The molecule has 0 unspecified atom stereocenters. The van der Waals surface area contributed by atoms with Crippen LogP contribution in [0.5, 0.6) is 0 Å². The molecule has 2 fully saturated rings. The second-order valence-corrected chi connectivity index (χ2v) is 16.1. The number of fused-ring (bicyclic) bond motifs is 2. The molecule has 0 radical (unpaired) electrons. The fourth-order valence-electron chi connectivity index (χ4n) is 5.56. The van der Waals surface area contributed by atoms with Crippen LogP contribution < -0.4 is 0 Å². The third kappa shape index (κ3) is 3.91. The average molecular weight is 447 g/mol. The summed E-state index contributed by atoms with van der Waals surface area (Å²) in [5, 5.41) is -0.212. The lowest BCUT2D eigenvalue weighted by molar-refractivity contribution is -0.295. The van der Waals surface area contributed by atoms with Crippen molar-refractivity contribution in [2.45, 2.75) is 102 Å². The van der Waals surface area contributed by atoms with Gasteiger partial charge in [-0.25, -0.2) is 0 Å². The Morgan fingerprint density at radius 2 is 1.74 bits per heavy atom. The second kappa shape index (κ2) is 7.99. The van der Waals surface area contributed by atoms with Gasteiger partial charge in [0.25, 0.3) is 0 Å². The summed E-state index contributed by atoms with van der Waals surface area (Å²) in [6.07, 6.45) is 3.85. The highest BCUT2D eigenvalue weighted by molar-refractivity contribution is 6.73. The average Bonchev–Trinajstić information content (AvgIpc) is 2.70. The predicted octanol–water partition coefficient (Wildman–Crippen LogP) is 5.49. The van der Waals surface area contributed by atoms with Gasteiger partial charge in [0, 0.05) is 10.1 Å². The summed E-state index contributed by atoms with van der Waals surface area (Å²) in [6.45, 7) is 16.6. The zero-order valence-electron chi connectivity index (χ0n) is 20.0. The Balaban J connectivity index is 1.69. The molecule has 0 aromatic heterocycles. The molecule has 31 heavy (non-hydrogen) atoms. The molecule has 0 N–H and O–H groups in total. The highest BCUT2D eigenvalue weighted by atomic mass is 28.4. The molecule has 4 rings (SSSR count). The van der Waals surface area contributed by atoms with Crippen molar-refractivity contribution in [2.75, 3.05) is 6.61 Å². The standard InChI is InChI=1S/C25H38O5Si/c1-23(2,3)31(24(4,5)6)28-17-19-21(30-31)22(26-16-18-12-9-8-10-13-18)25(7)20(29-19)14-11-15-27-25/h8-13,15,19-22H,14,16-17H2,1-7H3/t19-,20+,21-,22+,25+/m1/s1. The number of benzene rings is 1. The van der Waals surface area contributed by atoms with Crippen LogP contribution >= 0.6 is 0 Å². The molecule has 0 amide bonds. The quantitative estimate of drug-likeness (QED) is 0.575. The Labute approximate surface area is 188 Å². The van der Waals surface area contributed by atoms with Crippen LogP contribution in [-0.2, 0) is 29.7 Å². The van der Waals surface area contributed by atoms with Gasteiger partial charge in [-0.3, -0.25) is 0 Å². The fourth-order valence-corrected chi connectivity index (χ4v) is 10.5. The van der Waals surface area contributed by atoms with Crippen LogP contribution in [0.25, 0.3) is 0 Å². The van der Waals surface area contributed by atoms with E-state index in [4.69, 9.17) is 23.1 Å². The molecule has 3 aliphatic heterocycles. The van der Waals surface area contributed by atoms with Crippen LogP contribution in [0, 0.1) is 0 Å². The first-order valence-electron chi connectivity index (χ1n) is 11.4. The highest BCUT2D eigenvalue weighted by Crippen LogP contribution is 2.56. The summed E-state index contributed by atoms with van der Waals surface area (Å²) < 4.78 is 33.1. The lowest BCUT2D eigenvalue weighted by Gasteiger charge is -2.60. The Morgan fingerprint density at radius 1 is 1.06 bits per heavy atom. The largest absolute Gasteiger partial charge is 0.490 e. The highest BCUT2D eigenvalue weighted by Gasteiger charge is 2.67. The first-order chi connectivity index (χ1) is 14.5. The van der Waals surface area contributed by atoms with Gasteiger partial charge in [-0.05, 0) is 25.0 Å². The number of hydrogen-bond donors (Lipinski definition) is 0. The molecule has 0 aliphatic carbocycles. The fraction of sp³-hybridized carbons (Fsp3) is 0.680. The Hall–Kier alpha value is -1.18. The van der Waals surface area contributed by atoms with Gasteiger partial charge < -0.3 is 23.1 Å². The number of ether oxygens (including phenoxy) is 3. The molecule has 6 heteroatoms. The van der Waals surface area contributed by atoms with E-state index in [-0.39, 0.29) is 34.5 Å². The maximum Gasteiger partial charge on any atom is 0.349 e. The molecule has 3 aliphatic rings. The molecule has 1 aromatic rings. The zero-order valence-corrected chi connectivity index (χ0v) is 21.0. The summed E-state index contributed by atoms with van der Waals surface area (Å²) in [5.41, 5.74) is 0.525. The third-order valence-electron chi connectivity index (χ3n) is 6.98. The molecule has 0 spiro atoms. The van der Waals surface area contributed by atoms with Crippen molar-refractivity contribution in [1.82, 2.24) is 0 Å².